The zero-order chi connectivity index (χ0) is 16.8. The highest BCUT2D eigenvalue weighted by Crippen LogP contribution is 2.29. The molecule has 0 aromatic heterocycles. The van der Waals surface area contributed by atoms with Gasteiger partial charge in [0.05, 0.1) is 12.2 Å². The number of hydrogen-bond acceptors (Lipinski definition) is 4. The summed E-state index contributed by atoms with van der Waals surface area (Å²) in [5.74, 6) is -1.06. The van der Waals surface area contributed by atoms with Crippen LogP contribution in [-0.2, 0) is 4.74 Å². The number of ether oxygens (including phenoxy) is 1. The first-order valence-electron chi connectivity index (χ1n) is 8.34. The Bertz CT molecular complexity index is 480. The Morgan fingerprint density at radius 1 is 1.13 bits per heavy atom. The highest BCUT2D eigenvalue weighted by Gasteiger charge is 2.26. The standard InChI is InChI=1S/C17H27F2N3O/c1-12-10-22(11-13(2)23-12)17-15(18)8-14(9-16(17)19)21-7-5-3-4-6-20/h8-9,12-13,21H,3-7,10-11,20H2,1-2H3/t12-,13?/m1/s1. The largest absolute Gasteiger partial charge is 0.385 e. The number of hydrogen-bond donors (Lipinski definition) is 2. The molecule has 3 N–H and O–H groups in total. The SMILES string of the molecule is CC1CN(c2c(F)cc(NCCCCCN)cc2F)C[C@@H](C)O1. The second kappa shape index (κ2) is 8.45. The molecular weight excluding hydrogens is 300 g/mol. The topological polar surface area (TPSA) is 50.5 Å². The molecule has 1 aromatic rings. The lowest BCUT2D eigenvalue weighted by atomic mass is 10.1. The fourth-order valence-corrected chi connectivity index (χ4v) is 3.01. The first-order valence-corrected chi connectivity index (χ1v) is 8.34. The number of benzene rings is 1. The molecule has 2 rings (SSSR count). The molecule has 23 heavy (non-hydrogen) atoms. The van der Waals surface area contributed by atoms with Crippen LogP contribution in [0.3, 0.4) is 0 Å². The Morgan fingerprint density at radius 3 is 2.30 bits per heavy atom. The van der Waals surface area contributed by atoms with Crippen LogP contribution in [0.15, 0.2) is 12.1 Å². The maximum Gasteiger partial charge on any atom is 0.151 e. The first kappa shape index (κ1) is 17.9. The van der Waals surface area contributed by atoms with E-state index in [9.17, 15) is 8.78 Å². The van der Waals surface area contributed by atoms with E-state index in [-0.39, 0.29) is 17.9 Å². The average Bonchev–Trinajstić information content (AvgIpc) is 2.45. The van der Waals surface area contributed by atoms with Crippen LogP contribution in [0.4, 0.5) is 20.2 Å². The maximum absolute atomic E-state index is 14.4. The van der Waals surface area contributed by atoms with Crippen molar-refractivity contribution in [3.05, 3.63) is 23.8 Å². The smallest absolute Gasteiger partial charge is 0.151 e. The third kappa shape index (κ3) is 5.04. The number of morpholine rings is 1. The molecule has 4 nitrogen and oxygen atoms in total. The van der Waals surface area contributed by atoms with Crippen molar-refractivity contribution < 1.29 is 13.5 Å². The predicted octanol–water partition coefficient (Wildman–Crippen LogP) is 3.12. The Labute approximate surface area is 137 Å². The van der Waals surface area contributed by atoms with Crippen LogP contribution in [0.1, 0.15) is 33.1 Å². The summed E-state index contributed by atoms with van der Waals surface area (Å²) in [5, 5.41) is 3.07. The number of halogens is 2. The summed E-state index contributed by atoms with van der Waals surface area (Å²) in [6.45, 7) is 6.16. The van der Waals surface area contributed by atoms with Gasteiger partial charge >= 0.3 is 0 Å². The molecule has 0 radical (unpaired) electrons. The molecule has 0 saturated carbocycles. The van der Waals surface area contributed by atoms with E-state index < -0.39 is 11.6 Å². The zero-order valence-corrected chi connectivity index (χ0v) is 13.9. The Kier molecular flexibility index (Phi) is 6.59. The highest BCUT2D eigenvalue weighted by molar-refractivity contribution is 5.58. The van der Waals surface area contributed by atoms with Gasteiger partial charge < -0.3 is 20.7 Å². The molecule has 0 aliphatic carbocycles. The van der Waals surface area contributed by atoms with Crippen LogP contribution in [-0.4, -0.2) is 38.4 Å². The van der Waals surface area contributed by atoms with Crippen molar-refractivity contribution in [3.8, 4) is 0 Å². The van der Waals surface area contributed by atoms with Crippen LogP contribution in [0.5, 0.6) is 0 Å². The summed E-state index contributed by atoms with van der Waals surface area (Å²) in [5.41, 5.74) is 5.96. The van der Waals surface area contributed by atoms with Gasteiger partial charge in [0.15, 0.2) is 11.6 Å². The molecular formula is C17H27F2N3O. The monoisotopic (exact) mass is 327 g/mol. The van der Waals surface area contributed by atoms with Crippen LogP contribution in [0.2, 0.25) is 0 Å². The van der Waals surface area contributed by atoms with E-state index in [4.69, 9.17) is 10.5 Å². The summed E-state index contributed by atoms with van der Waals surface area (Å²) < 4.78 is 34.4. The molecule has 6 heteroatoms. The van der Waals surface area contributed by atoms with Crippen molar-refractivity contribution in [1.29, 1.82) is 0 Å². The van der Waals surface area contributed by atoms with Gasteiger partial charge in [-0.05, 0) is 45.4 Å². The fourth-order valence-electron chi connectivity index (χ4n) is 3.01. The normalized spacial score (nSPS) is 21.5. The fraction of sp³-hybridized carbons (Fsp3) is 0.647. The van der Waals surface area contributed by atoms with Gasteiger partial charge in [0.1, 0.15) is 5.69 Å². The molecule has 0 spiro atoms. The van der Waals surface area contributed by atoms with Gasteiger partial charge in [-0.3, -0.25) is 0 Å². The van der Waals surface area contributed by atoms with Crippen molar-refractivity contribution in [2.45, 2.75) is 45.3 Å². The van der Waals surface area contributed by atoms with Crippen LogP contribution < -0.4 is 16.0 Å². The summed E-state index contributed by atoms with van der Waals surface area (Å²) in [6.07, 6.45) is 2.82. The zero-order valence-electron chi connectivity index (χ0n) is 13.9. The molecule has 0 bridgehead atoms. The highest BCUT2D eigenvalue weighted by atomic mass is 19.1. The summed E-state index contributed by atoms with van der Waals surface area (Å²) in [4.78, 5) is 1.73. The van der Waals surface area contributed by atoms with Gasteiger partial charge in [-0.15, -0.1) is 0 Å². The molecule has 1 aromatic carbocycles. The molecule has 0 amide bonds. The van der Waals surface area contributed by atoms with Crippen molar-refractivity contribution in [3.63, 3.8) is 0 Å². The molecule has 1 saturated heterocycles. The van der Waals surface area contributed by atoms with Gasteiger partial charge in [0.2, 0.25) is 0 Å². The molecule has 1 aliphatic heterocycles. The minimum Gasteiger partial charge on any atom is -0.385 e. The number of nitrogens with zero attached hydrogens (tertiary/aromatic N) is 1. The Balaban J connectivity index is 2.02. The lowest BCUT2D eigenvalue weighted by molar-refractivity contribution is -0.00557. The third-order valence-electron chi connectivity index (χ3n) is 3.96. The van der Waals surface area contributed by atoms with Crippen molar-refractivity contribution in [2.75, 3.05) is 36.4 Å². The maximum atomic E-state index is 14.4. The third-order valence-corrected chi connectivity index (χ3v) is 3.96. The molecule has 2 atom stereocenters. The first-order chi connectivity index (χ1) is 11.0. The van der Waals surface area contributed by atoms with Gasteiger partial charge in [-0.2, -0.15) is 0 Å². The van der Waals surface area contributed by atoms with E-state index in [2.05, 4.69) is 5.32 Å². The van der Waals surface area contributed by atoms with E-state index >= 15 is 0 Å². The van der Waals surface area contributed by atoms with E-state index in [1.54, 1.807) is 4.90 Å². The van der Waals surface area contributed by atoms with Crippen LogP contribution in [0, 0.1) is 11.6 Å². The van der Waals surface area contributed by atoms with Gasteiger partial charge in [0.25, 0.3) is 0 Å². The summed E-state index contributed by atoms with van der Waals surface area (Å²) in [7, 11) is 0. The molecule has 1 heterocycles. The Morgan fingerprint density at radius 2 is 1.74 bits per heavy atom. The minimum atomic E-state index is -0.532. The number of nitrogens with one attached hydrogen (secondary N) is 1. The van der Waals surface area contributed by atoms with E-state index in [1.807, 2.05) is 13.8 Å². The summed E-state index contributed by atoms with van der Waals surface area (Å²) >= 11 is 0. The van der Waals surface area contributed by atoms with Crippen LogP contribution >= 0.6 is 0 Å². The predicted molar refractivity (Wildman–Crippen MR) is 90.0 cm³/mol. The second-order valence-electron chi connectivity index (χ2n) is 6.23. The molecule has 1 unspecified atom stereocenters. The van der Waals surface area contributed by atoms with Crippen molar-refractivity contribution in [1.82, 2.24) is 0 Å². The van der Waals surface area contributed by atoms with E-state index in [0.717, 1.165) is 19.3 Å². The quantitative estimate of drug-likeness (QED) is 0.756. The number of anilines is 2. The number of rotatable bonds is 7. The number of unbranched alkanes of at least 4 members (excludes halogenated alkanes) is 2. The average molecular weight is 327 g/mol. The van der Waals surface area contributed by atoms with Gasteiger partial charge in [0, 0.05) is 25.3 Å². The molecule has 1 aliphatic rings. The second-order valence-corrected chi connectivity index (χ2v) is 6.23. The molecule has 1 fully saturated rings. The molecule has 130 valence electrons. The van der Waals surface area contributed by atoms with E-state index in [0.29, 0.717) is 31.9 Å². The van der Waals surface area contributed by atoms with Gasteiger partial charge in [-0.25, -0.2) is 8.78 Å². The minimum absolute atomic E-state index is 0.0423. The lowest BCUT2D eigenvalue weighted by Gasteiger charge is -2.37. The van der Waals surface area contributed by atoms with Crippen molar-refractivity contribution >= 4 is 11.4 Å². The van der Waals surface area contributed by atoms with Crippen molar-refractivity contribution in [2.24, 2.45) is 5.73 Å². The summed E-state index contributed by atoms with van der Waals surface area (Å²) in [6, 6.07) is 2.73. The van der Waals surface area contributed by atoms with Crippen LogP contribution in [0.25, 0.3) is 0 Å². The van der Waals surface area contributed by atoms with Gasteiger partial charge in [-0.1, -0.05) is 6.42 Å². The van der Waals surface area contributed by atoms with E-state index in [1.165, 1.54) is 12.1 Å². The lowest BCUT2D eigenvalue weighted by Crippen LogP contribution is -2.46. The number of nitrogens with two attached hydrogens (primary N) is 1. The Hall–Kier alpha value is -1.40.